The lowest BCUT2D eigenvalue weighted by molar-refractivity contribution is -0.146. The van der Waals surface area contributed by atoms with Crippen molar-refractivity contribution in [2.75, 3.05) is 26.7 Å². The molecular formula is C27H27BrClNO5. The van der Waals surface area contributed by atoms with E-state index in [-0.39, 0.29) is 11.7 Å². The lowest BCUT2D eigenvalue weighted by Crippen LogP contribution is -2.24. The van der Waals surface area contributed by atoms with Crippen molar-refractivity contribution in [3.8, 4) is 11.5 Å². The molecule has 2 aliphatic heterocycles. The van der Waals surface area contributed by atoms with Crippen molar-refractivity contribution in [2.45, 2.75) is 24.9 Å². The molecule has 6 nitrogen and oxygen atoms in total. The molecule has 2 heterocycles. The summed E-state index contributed by atoms with van der Waals surface area (Å²) >= 11 is 9.80. The van der Waals surface area contributed by atoms with Gasteiger partial charge in [-0.05, 0) is 60.0 Å². The predicted octanol–water partition coefficient (Wildman–Crippen LogP) is 5.17. The van der Waals surface area contributed by atoms with Crippen LogP contribution < -0.4 is 4.74 Å². The van der Waals surface area contributed by atoms with Crippen LogP contribution in [0.25, 0.3) is 0 Å². The molecule has 184 valence electrons. The predicted molar refractivity (Wildman–Crippen MR) is 139 cm³/mol. The highest BCUT2D eigenvalue weighted by Gasteiger charge is 2.29. The normalized spacial score (nSPS) is 17.8. The number of hydrogen-bond acceptors (Lipinski definition) is 5. The summed E-state index contributed by atoms with van der Waals surface area (Å²) in [4.78, 5) is 12.6. The van der Waals surface area contributed by atoms with Gasteiger partial charge in [0.25, 0.3) is 0 Å². The molecule has 0 saturated carbocycles. The van der Waals surface area contributed by atoms with Crippen LogP contribution in [0.2, 0.25) is 5.02 Å². The minimum Gasteiger partial charge on any atom is -0.506 e. The number of rotatable bonds is 3. The average molecular weight is 561 g/mol. The SMILES string of the molecule is CN1CCc2cc(Cl)c(O)cc2[C@@H](c2cc(Br)cc3c2OCC3)C1.O=C(O)[C@H](O)c1ccccc1. The molecule has 0 bridgehead atoms. The molecule has 0 amide bonds. The number of nitrogens with zero attached hydrogens (tertiary/aromatic N) is 1. The Labute approximate surface area is 217 Å². The van der Waals surface area contributed by atoms with Crippen LogP contribution in [0.1, 0.15) is 39.8 Å². The second-order valence-electron chi connectivity index (χ2n) is 8.80. The monoisotopic (exact) mass is 559 g/mol. The molecule has 5 rings (SSSR count). The van der Waals surface area contributed by atoms with E-state index in [1.54, 1.807) is 30.3 Å². The maximum atomic E-state index is 10.2. The molecule has 2 atom stereocenters. The maximum absolute atomic E-state index is 10.2. The van der Waals surface area contributed by atoms with Gasteiger partial charge in [-0.15, -0.1) is 0 Å². The topological polar surface area (TPSA) is 90.2 Å². The van der Waals surface area contributed by atoms with Crippen LogP contribution in [0.5, 0.6) is 11.5 Å². The van der Waals surface area contributed by atoms with Crippen molar-refractivity contribution in [3.63, 3.8) is 0 Å². The third-order valence-corrected chi connectivity index (χ3v) is 7.10. The number of carboxylic acid groups (broad SMARTS) is 1. The summed E-state index contributed by atoms with van der Waals surface area (Å²) in [6.07, 6.45) is 0.471. The number of aliphatic carboxylic acids is 1. The Kier molecular flexibility index (Phi) is 8.02. The highest BCUT2D eigenvalue weighted by molar-refractivity contribution is 9.10. The number of halogens is 2. The zero-order valence-corrected chi connectivity index (χ0v) is 21.6. The Morgan fingerprint density at radius 2 is 1.86 bits per heavy atom. The second kappa shape index (κ2) is 11.0. The van der Waals surface area contributed by atoms with Crippen molar-refractivity contribution < 1.29 is 24.9 Å². The molecule has 0 fully saturated rings. The Balaban J connectivity index is 0.000000221. The molecule has 0 saturated heterocycles. The van der Waals surface area contributed by atoms with E-state index < -0.39 is 12.1 Å². The quantitative estimate of drug-likeness (QED) is 0.410. The number of aliphatic hydroxyl groups excluding tert-OH is 1. The summed E-state index contributed by atoms with van der Waals surface area (Å²) in [5.74, 6) is 0.0904. The van der Waals surface area contributed by atoms with Crippen molar-refractivity contribution in [1.82, 2.24) is 4.90 Å². The van der Waals surface area contributed by atoms with E-state index in [0.717, 1.165) is 48.3 Å². The first kappa shape index (κ1) is 25.5. The largest absolute Gasteiger partial charge is 0.506 e. The first-order chi connectivity index (χ1) is 16.7. The number of fused-ring (bicyclic) bond motifs is 2. The highest BCUT2D eigenvalue weighted by atomic mass is 79.9. The smallest absolute Gasteiger partial charge is 0.337 e. The van der Waals surface area contributed by atoms with Gasteiger partial charge < -0.3 is 25.0 Å². The summed E-state index contributed by atoms with van der Waals surface area (Å²) in [6.45, 7) is 2.60. The van der Waals surface area contributed by atoms with Gasteiger partial charge in [0, 0.05) is 35.5 Å². The van der Waals surface area contributed by atoms with E-state index in [0.29, 0.717) is 10.6 Å². The highest BCUT2D eigenvalue weighted by Crippen LogP contribution is 2.43. The first-order valence-electron chi connectivity index (χ1n) is 11.4. The zero-order valence-electron chi connectivity index (χ0n) is 19.2. The molecule has 3 aromatic carbocycles. The number of hydrogen-bond donors (Lipinski definition) is 3. The van der Waals surface area contributed by atoms with Gasteiger partial charge in [-0.2, -0.15) is 0 Å². The summed E-state index contributed by atoms with van der Waals surface area (Å²) < 4.78 is 7.03. The maximum Gasteiger partial charge on any atom is 0.337 e. The number of aromatic hydroxyl groups is 1. The molecule has 3 N–H and O–H groups in total. The minimum atomic E-state index is -1.41. The van der Waals surface area contributed by atoms with Crippen LogP contribution in [0, 0.1) is 0 Å². The van der Waals surface area contributed by atoms with Gasteiger partial charge in [0.1, 0.15) is 11.5 Å². The van der Waals surface area contributed by atoms with Crippen molar-refractivity contribution >= 4 is 33.5 Å². The Morgan fingerprint density at radius 3 is 2.57 bits per heavy atom. The lowest BCUT2D eigenvalue weighted by atomic mass is 9.86. The summed E-state index contributed by atoms with van der Waals surface area (Å²) in [5, 5.41) is 28.0. The number of phenols is 1. The summed E-state index contributed by atoms with van der Waals surface area (Å²) in [7, 11) is 2.14. The van der Waals surface area contributed by atoms with Gasteiger partial charge >= 0.3 is 5.97 Å². The number of benzene rings is 3. The molecule has 0 aliphatic carbocycles. The fourth-order valence-electron chi connectivity index (χ4n) is 4.57. The van der Waals surface area contributed by atoms with Gasteiger partial charge in [-0.3, -0.25) is 0 Å². The lowest BCUT2D eigenvalue weighted by Gasteiger charge is -2.24. The third kappa shape index (κ3) is 5.81. The molecular weight excluding hydrogens is 534 g/mol. The van der Waals surface area contributed by atoms with Crippen molar-refractivity contribution in [3.05, 3.63) is 91.9 Å². The molecule has 0 spiro atoms. The van der Waals surface area contributed by atoms with E-state index in [1.807, 2.05) is 12.1 Å². The van der Waals surface area contributed by atoms with Crippen molar-refractivity contribution in [1.29, 1.82) is 0 Å². The number of aliphatic hydroxyl groups is 1. The zero-order chi connectivity index (χ0) is 25.1. The molecule has 35 heavy (non-hydrogen) atoms. The van der Waals surface area contributed by atoms with Gasteiger partial charge in [-0.25, -0.2) is 4.79 Å². The molecule has 0 unspecified atom stereocenters. The number of phenolic OH excluding ortho intramolecular Hbond substituents is 1. The Morgan fingerprint density at radius 1 is 1.11 bits per heavy atom. The van der Waals surface area contributed by atoms with Crippen LogP contribution >= 0.6 is 27.5 Å². The van der Waals surface area contributed by atoms with Crippen LogP contribution in [0.15, 0.2) is 59.1 Å². The number of ether oxygens (including phenoxy) is 1. The number of carbonyl (C=O) groups is 1. The standard InChI is InChI=1S/C19H19BrClNO2.C8H8O3/c1-22-4-2-11-7-17(21)18(23)9-14(11)16(10-22)15-8-13(20)6-12-3-5-24-19(12)15;9-7(8(10)11)6-4-2-1-3-5-6/h6-9,16,23H,2-5,10H2,1H3;1-5,7,9H,(H,10,11)/t16-;7-/m01/s1. The number of carboxylic acids is 1. The van der Waals surface area contributed by atoms with Gasteiger partial charge in [0.2, 0.25) is 0 Å². The second-order valence-corrected chi connectivity index (χ2v) is 10.1. The van der Waals surface area contributed by atoms with Crippen LogP contribution in [0.4, 0.5) is 0 Å². The molecule has 0 aromatic heterocycles. The minimum absolute atomic E-state index is 0.150. The first-order valence-corrected chi connectivity index (χ1v) is 12.5. The molecule has 3 aromatic rings. The molecule has 2 aliphatic rings. The van der Waals surface area contributed by atoms with E-state index in [4.69, 9.17) is 26.6 Å². The molecule has 8 heteroatoms. The fraction of sp³-hybridized carbons (Fsp3) is 0.296. The van der Waals surface area contributed by atoms with Crippen LogP contribution in [0.3, 0.4) is 0 Å². The van der Waals surface area contributed by atoms with Gasteiger partial charge in [0.05, 0.1) is 11.6 Å². The van der Waals surface area contributed by atoms with E-state index in [2.05, 4.69) is 40.0 Å². The third-order valence-electron chi connectivity index (χ3n) is 6.34. The van der Waals surface area contributed by atoms with Gasteiger partial charge in [-0.1, -0.05) is 57.9 Å². The fourth-order valence-corrected chi connectivity index (χ4v) is 5.28. The van der Waals surface area contributed by atoms with Crippen LogP contribution in [-0.2, 0) is 17.6 Å². The van der Waals surface area contributed by atoms with Crippen LogP contribution in [-0.4, -0.2) is 52.9 Å². The average Bonchev–Trinajstić information content (AvgIpc) is 3.25. The number of likely N-dealkylation sites (N-methyl/N-ethyl adjacent to an activating group) is 1. The van der Waals surface area contributed by atoms with E-state index in [1.165, 1.54) is 16.7 Å². The van der Waals surface area contributed by atoms with Gasteiger partial charge in [0.15, 0.2) is 6.10 Å². The Bertz CT molecular complexity index is 1220. The Hall–Kier alpha value is -2.58. The van der Waals surface area contributed by atoms with E-state index >= 15 is 0 Å². The van der Waals surface area contributed by atoms with E-state index in [9.17, 15) is 9.90 Å². The van der Waals surface area contributed by atoms with Crippen molar-refractivity contribution in [2.24, 2.45) is 0 Å². The summed E-state index contributed by atoms with van der Waals surface area (Å²) in [6, 6.07) is 16.3. The molecule has 0 radical (unpaired) electrons. The summed E-state index contributed by atoms with van der Waals surface area (Å²) in [5.41, 5.74) is 5.20.